The van der Waals surface area contributed by atoms with Crippen molar-refractivity contribution in [1.29, 1.82) is 0 Å². The highest BCUT2D eigenvalue weighted by Crippen LogP contribution is 2.35. The summed E-state index contributed by atoms with van der Waals surface area (Å²) in [6, 6.07) is 6.12. The molecule has 0 bridgehead atoms. The second-order valence-electron chi connectivity index (χ2n) is 5.73. The fourth-order valence-electron chi connectivity index (χ4n) is 2.72. The molecule has 0 spiro atoms. The molecule has 0 radical (unpaired) electrons. The van der Waals surface area contributed by atoms with Crippen molar-refractivity contribution < 1.29 is 0 Å². The van der Waals surface area contributed by atoms with Crippen LogP contribution in [0.3, 0.4) is 0 Å². The van der Waals surface area contributed by atoms with Crippen LogP contribution in [0.25, 0.3) is 0 Å². The lowest BCUT2D eigenvalue weighted by molar-refractivity contribution is 0.526. The van der Waals surface area contributed by atoms with E-state index in [9.17, 15) is 0 Å². The van der Waals surface area contributed by atoms with Crippen LogP contribution in [0.4, 0.5) is 0 Å². The molecule has 1 aliphatic carbocycles. The van der Waals surface area contributed by atoms with E-state index in [1.54, 1.807) is 6.07 Å². The number of thiazole rings is 1. The zero-order valence-electron chi connectivity index (χ0n) is 12.1. The fraction of sp³-hybridized carbons (Fsp3) is 0.438. The number of hydrogen-bond acceptors (Lipinski definition) is 3. The van der Waals surface area contributed by atoms with Crippen molar-refractivity contribution in [1.82, 2.24) is 10.3 Å². The predicted molar refractivity (Wildman–Crippen MR) is 90.7 cm³/mol. The molecule has 0 fully saturated rings. The first-order chi connectivity index (χ1) is 10.0. The Morgan fingerprint density at radius 3 is 2.48 bits per heavy atom. The molecule has 1 aromatic carbocycles. The highest BCUT2D eigenvalue weighted by atomic mass is 35.5. The van der Waals surface area contributed by atoms with Crippen LogP contribution in [0.15, 0.2) is 18.2 Å². The summed E-state index contributed by atoms with van der Waals surface area (Å²) in [6.45, 7) is 4.28. The van der Waals surface area contributed by atoms with Gasteiger partial charge < -0.3 is 5.32 Å². The van der Waals surface area contributed by atoms with E-state index in [0.717, 1.165) is 23.4 Å². The number of nitrogens with one attached hydrogen (secondary N) is 1. The topological polar surface area (TPSA) is 24.9 Å². The van der Waals surface area contributed by atoms with Crippen LogP contribution in [-0.2, 0) is 12.8 Å². The largest absolute Gasteiger partial charge is 0.302 e. The standard InChI is InChI=1S/C16H18Cl2N2S/c1-9(2)19-15(10-6-11(17)8-12(18)7-10)16-20-13-4-3-5-14(13)21-16/h6-9,15,19H,3-5H2,1-2H3. The van der Waals surface area contributed by atoms with E-state index < -0.39 is 0 Å². The van der Waals surface area contributed by atoms with Crippen molar-refractivity contribution in [3.05, 3.63) is 49.4 Å². The first kappa shape index (κ1) is 15.3. The molecule has 0 saturated carbocycles. The second-order valence-corrected chi connectivity index (χ2v) is 7.72. The summed E-state index contributed by atoms with van der Waals surface area (Å²) in [5.41, 5.74) is 2.35. The molecule has 1 aliphatic rings. The number of halogens is 2. The lowest BCUT2D eigenvalue weighted by Crippen LogP contribution is -2.29. The minimum absolute atomic E-state index is 0.0526. The maximum atomic E-state index is 6.16. The molecule has 1 heterocycles. The van der Waals surface area contributed by atoms with Gasteiger partial charge in [0, 0.05) is 21.0 Å². The predicted octanol–water partition coefficient (Wildman–Crippen LogP) is 5.03. The summed E-state index contributed by atoms with van der Waals surface area (Å²) in [5, 5.41) is 6.03. The Bertz CT molecular complexity index is 610. The van der Waals surface area contributed by atoms with Gasteiger partial charge in [0.15, 0.2) is 0 Å². The van der Waals surface area contributed by atoms with Crippen molar-refractivity contribution in [3.63, 3.8) is 0 Å². The third-order valence-electron chi connectivity index (χ3n) is 3.58. The van der Waals surface area contributed by atoms with Gasteiger partial charge in [0.2, 0.25) is 0 Å². The van der Waals surface area contributed by atoms with Gasteiger partial charge >= 0.3 is 0 Å². The van der Waals surface area contributed by atoms with Gasteiger partial charge in [-0.3, -0.25) is 0 Å². The zero-order valence-corrected chi connectivity index (χ0v) is 14.4. The molecule has 3 rings (SSSR count). The third-order valence-corrected chi connectivity index (χ3v) is 5.24. The number of hydrogen-bond donors (Lipinski definition) is 1. The van der Waals surface area contributed by atoms with Gasteiger partial charge in [-0.2, -0.15) is 0 Å². The SMILES string of the molecule is CC(C)NC(c1cc(Cl)cc(Cl)c1)c1nc2c(s1)CCC2. The van der Waals surface area contributed by atoms with Gasteiger partial charge in [0.1, 0.15) is 5.01 Å². The van der Waals surface area contributed by atoms with E-state index in [2.05, 4.69) is 19.2 Å². The number of aryl methyl sites for hydroxylation is 2. The van der Waals surface area contributed by atoms with Crippen LogP contribution in [0.5, 0.6) is 0 Å². The van der Waals surface area contributed by atoms with Crippen LogP contribution in [0, 0.1) is 0 Å². The molecule has 1 atom stereocenters. The summed E-state index contributed by atoms with van der Waals surface area (Å²) < 4.78 is 0. The van der Waals surface area contributed by atoms with E-state index in [-0.39, 0.29) is 6.04 Å². The summed E-state index contributed by atoms with van der Waals surface area (Å²) >= 11 is 14.1. The smallest absolute Gasteiger partial charge is 0.115 e. The second kappa shape index (κ2) is 6.25. The average molecular weight is 341 g/mol. The lowest BCUT2D eigenvalue weighted by Gasteiger charge is -2.20. The Morgan fingerprint density at radius 2 is 1.86 bits per heavy atom. The van der Waals surface area contributed by atoms with Gasteiger partial charge in [-0.05, 0) is 56.9 Å². The number of rotatable bonds is 4. The molecular weight excluding hydrogens is 323 g/mol. The minimum atomic E-state index is 0.0526. The maximum Gasteiger partial charge on any atom is 0.115 e. The summed E-state index contributed by atoms with van der Waals surface area (Å²) in [7, 11) is 0. The third kappa shape index (κ3) is 3.42. The normalized spacial score (nSPS) is 15.5. The van der Waals surface area contributed by atoms with Gasteiger partial charge in [-0.15, -0.1) is 11.3 Å². The van der Waals surface area contributed by atoms with Crippen LogP contribution < -0.4 is 5.32 Å². The van der Waals surface area contributed by atoms with E-state index in [4.69, 9.17) is 28.2 Å². The summed E-state index contributed by atoms with van der Waals surface area (Å²) in [6.07, 6.45) is 3.51. The number of benzene rings is 1. The molecule has 21 heavy (non-hydrogen) atoms. The van der Waals surface area contributed by atoms with Gasteiger partial charge in [0.05, 0.1) is 11.7 Å². The van der Waals surface area contributed by atoms with E-state index in [1.165, 1.54) is 17.0 Å². The molecule has 112 valence electrons. The van der Waals surface area contributed by atoms with Gasteiger partial charge in [-0.1, -0.05) is 23.2 Å². The van der Waals surface area contributed by atoms with E-state index >= 15 is 0 Å². The monoisotopic (exact) mass is 340 g/mol. The highest BCUT2D eigenvalue weighted by Gasteiger charge is 2.24. The molecule has 5 heteroatoms. The molecule has 2 aromatic rings. The Kier molecular flexibility index (Phi) is 4.55. The molecular formula is C16H18Cl2N2S. The first-order valence-electron chi connectivity index (χ1n) is 7.23. The van der Waals surface area contributed by atoms with Crippen molar-refractivity contribution >= 4 is 34.5 Å². The van der Waals surface area contributed by atoms with Crippen molar-refractivity contribution in [2.24, 2.45) is 0 Å². The molecule has 1 aromatic heterocycles. The van der Waals surface area contributed by atoms with Crippen LogP contribution in [0.1, 0.15) is 47.5 Å². The highest BCUT2D eigenvalue weighted by molar-refractivity contribution is 7.11. The molecule has 0 amide bonds. The van der Waals surface area contributed by atoms with Crippen molar-refractivity contribution in [2.75, 3.05) is 0 Å². The minimum Gasteiger partial charge on any atom is -0.302 e. The van der Waals surface area contributed by atoms with Crippen molar-refractivity contribution in [3.8, 4) is 0 Å². The fourth-order valence-corrected chi connectivity index (χ4v) is 4.50. The molecule has 1 unspecified atom stereocenters. The Balaban J connectivity index is 2.00. The summed E-state index contributed by atoms with van der Waals surface area (Å²) in [5.74, 6) is 0. The summed E-state index contributed by atoms with van der Waals surface area (Å²) in [4.78, 5) is 6.29. The van der Waals surface area contributed by atoms with Gasteiger partial charge in [0.25, 0.3) is 0 Å². The quantitative estimate of drug-likeness (QED) is 0.844. The van der Waals surface area contributed by atoms with E-state index in [0.29, 0.717) is 16.1 Å². The average Bonchev–Trinajstić information content (AvgIpc) is 2.94. The molecule has 2 nitrogen and oxygen atoms in total. The Labute approximate surface area is 139 Å². The molecule has 0 aliphatic heterocycles. The van der Waals surface area contributed by atoms with E-state index in [1.807, 2.05) is 23.5 Å². The number of aromatic nitrogens is 1. The van der Waals surface area contributed by atoms with Crippen LogP contribution >= 0.6 is 34.5 Å². The molecule has 1 N–H and O–H groups in total. The Hall–Kier alpha value is -0.610. The number of fused-ring (bicyclic) bond motifs is 1. The maximum absolute atomic E-state index is 6.16. The van der Waals surface area contributed by atoms with Crippen LogP contribution in [0.2, 0.25) is 10.0 Å². The van der Waals surface area contributed by atoms with Gasteiger partial charge in [-0.25, -0.2) is 4.98 Å². The number of nitrogens with zero attached hydrogens (tertiary/aromatic N) is 1. The first-order valence-corrected chi connectivity index (χ1v) is 8.80. The zero-order chi connectivity index (χ0) is 15.0. The van der Waals surface area contributed by atoms with Crippen LogP contribution in [-0.4, -0.2) is 11.0 Å². The van der Waals surface area contributed by atoms with Crippen molar-refractivity contribution in [2.45, 2.75) is 45.2 Å². The molecule has 0 saturated heterocycles. The Morgan fingerprint density at radius 1 is 1.14 bits per heavy atom. The lowest BCUT2D eigenvalue weighted by atomic mass is 10.1.